The summed E-state index contributed by atoms with van der Waals surface area (Å²) in [5.74, 6) is 0.107. The van der Waals surface area contributed by atoms with Gasteiger partial charge >= 0.3 is 0 Å². The minimum absolute atomic E-state index is 0.0531. The Balaban J connectivity index is 2.02. The second kappa shape index (κ2) is 6.19. The third-order valence-corrected chi connectivity index (χ3v) is 5.12. The van der Waals surface area contributed by atoms with Crippen LogP contribution in [0.25, 0.3) is 10.9 Å². The maximum atomic E-state index is 9.71. The lowest BCUT2D eigenvalue weighted by Crippen LogP contribution is -2.21. The van der Waals surface area contributed by atoms with Crippen LogP contribution in [0.3, 0.4) is 0 Å². The van der Waals surface area contributed by atoms with Crippen LogP contribution in [-0.4, -0.2) is 4.98 Å². The molecule has 0 bridgehead atoms. The summed E-state index contributed by atoms with van der Waals surface area (Å²) in [6, 6.07) is 13.5. The molecule has 0 saturated heterocycles. The fraction of sp³-hybridized carbons (Fsp3) is 0.143. The average molecular weight is 377 g/mol. The maximum Gasteiger partial charge on any atom is 0.205 e. The van der Waals surface area contributed by atoms with Crippen molar-refractivity contribution in [3.8, 4) is 11.8 Å². The summed E-state index contributed by atoms with van der Waals surface area (Å²) in [5, 5.41) is 11.0. The van der Waals surface area contributed by atoms with E-state index >= 15 is 0 Å². The van der Waals surface area contributed by atoms with Crippen LogP contribution in [0.15, 0.2) is 47.9 Å². The molecule has 1 atom stereocenters. The summed E-state index contributed by atoms with van der Waals surface area (Å²) in [6.07, 6.45) is 0. The molecule has 0 spiro atoms. The van der Waals surface area contributed by atoms with Gasteiger partial charge < -0.3 is 16.2 Å². The molecule has 134 valence electrons. The van der Waals surface area contributed by atoms with Gasteiger partial charge in [-0.2, -0.15) is 5.26 Å². The predicted octanol–water partition coefficient (Wildman–Crippen LogP) is 4.31. The monoisotopic (exact) mass is 376 g/mol. The van der Waals surface area contributed by atoms with E-state index in [1.54, 1.807) is 12.1 Å². The van der Waals surface area contributed by atoms with Crippen LogP contribution in [0.4, 0.5) is 5.69 Å². The molecule has 1 aliphatic rings. The number of hydrogen-bond acceptors (Lipinski definition) is 5. The Hall–Kier alpha value is -3.23. The van der Waals surface area contributed by atoms with Crippen LogP contribution in [0, 0.1) is 25.2 Å². The van der Waals surface area contributed by atoms with Crippen LogP contribution in [0.2, 0.25) is 5.15 Å². The summed E-state index contributed by atoms with van der Waals surface area (Å²) in [4.78, 5) is 4.58. The van der Waals surface area contributed by atoms with Gasteiger partial charge in [0.05, 0.1) is 11.4 Å². The highest BCUT2D eigenvalue weighted by molar-refractivity contribution is 6.30. The van der Waals surface area contributed by atoms with Crippen molar-refractivity contribution in [2.24, 2.45) is 5.73 Å². The first kappa shape index (κ1) is 17.2. The summed E-state index contributed by atoms with van der Waals surface area (Å²) in [5.41, 5.74) is 17.3. The summed E-state index contributed by atoms with van der Waals surface area (Å²) in [7, 11) is 0. The fourth-order valence-corrected chi connectivity index (χ4v) is 3.87. The number of anilines is 1. The number of nitrogen functional groups attached to an aromatic ring is 1. The Kier molecular flexibility index (Phi) is 3.94. The Morgan fingerprint density at radius 3 is 2.63 bits per heavy atom. The first-order chi connectivity index (χ1) is 12.9. The highest BCUT2D eigenvalue weighted by Gasteiger charge is 2.32. The van der Waals surface area contributed by atoms with Gasteiger partial charge in [0.1, 0.15) is 22.5 Å². The Morgan fingerprint density at radius 2 is 1.89 bits per heavy atom. The molecule has 0 radical (unpaired) electrons. The van der Waals surface area contributed by atoms with Gasteiger partial charge in [0.2, 0.25) is 5.88 Å². The first-order valence-corrected chi connectivity index (χ1v) is 8.81. The summed E-state index contributed by atoms with van der Waals surface area (Å²) < 4.78 is 5.63. The van der Waals surface area contributed by atoms with E-state index in [4.69, 9.17) is 27.8 Å². The van der Waals surface area contributed by atoms with E-state index in [1.165, 1.54) is 0 Å². The van der Waals surface area contributed by atoms with Crippen LogP contribution >= 0.6 is 11.6 Å². The van der Waals surface area contributed by atoms with Crippen LogP contribution in [0.1, 0.15) is 28.2 Å². The second-order valence-electron chi connectivity index (χ2n) is 6.74. The zero-order valence-electron chi connectivity index (χ0n) is 14.9. The lowest BCUT2D eigenvalue weighted by atomic mass is 9.83. The molecule has 1 aliphatic heterocycles. The van der Waals surface area contributed by atoms with Crippen molar-refractivity contribution in [1.82, 2.24) is 4.98 Å². The van der Waals surface area contributed by atoms with E-state index < -0.39 is 5.92 Å². The Morgan fingerprint density at radius 1 is 1.11 bits per heavy atom. The summed E-state index contributed by atoms with van der Waals surface area (Å²) >= 11 is 6.56. The van der Waals surface area contributed by atoms with Crippen molar-refractivity contribution in [2.75, 3.05) is 5.73 Å². The van der Waals surface area contributed by atoms with Gasteiger partial charge in [-0.15, -0.1) is 0 Å². The van der Waals surface area contributed by atoms with Crippen LogP contribution < -0.4 is 16.2 Å². The van der Waals surface area contributed by atoms with Gasteiger partial charge in [0, 0.05) is 28.3 Å². The van der Waals surface area contributed by atoms with Gasteiger partial charge in [0.25, 0.3) is 0 Å². The fourth-order valence-electron chi connectivity index (χ4n) is 3.62. The number of hydrogen-bond donors (Lipinski definition) is 2. The van der Waals surface area contributed by atoms with E-state index in [2.05, 4.69) is 17.1 Å². The van der Waals surface area contributed by atoms with Crippen molar-refractivity contribution in [2.45, 2.75) is 19.8 Å². The maximum absolute atomic E-state index is 9.71. The number of ether oxygens (including phenoxy) is 1. The highest BCUT2D eigenvalue weighted by Crippen LogP contribution is 2.45. The molecule has 0 aliphatic carbocycles. The van der Waals surface area contributed by atoms with E-state index in [-0.39, 0.29) is 5.88 Å². The minimum Gasteiger partial charge on any atom is -0.440 e. The number of nitriles is 1. The number of aryl methyl sites for hydroxylation is 2. The van der Waals surface area contributed by atoms with Crippen molar-refractivity contribution < 1.29 is 4.74 Å². The number of pyridine rings is 1. The number of allylic oxidation sites excluding steroid dienone is 1. The zero-order chi connectivity index (χ0) is 19.3. The number of nitrogens with zero attached hydrogens (tertiary/aromatic N) is 2. The van der Waals surface area contributed by atoms with Gasteiger partial charge in [-0.3, -0.25) is 0 Å². The molecular weight excluding hydrogens is 360 g/mol. The molecule has 6 heteroatoms. The van der Waals surface area contributed by atoms with Gasteiger partial charge in [-0.05, 0) is 43.2 Å². The first-order valence-electron chi connectivity index (χ1n) is 8.43. The molecule has 2 heterocycles. The quantitative estimate of drug-likeness (QED) is 0.487. The van der Waals surface area contributed by atoms with E-state index in [0.717, 1.165) is 27.6 Å². The lowest BCUT2D eigenvalue weighted by Gasteiger charge is -2.27. The number of halogens is 1. The highest BCUT2D eigenvalue weighted by atomic mass is 35.5. The predicted molar refractivity (Wildman–Crippen MR) is 106 cm³/mol. The van der Waals surface area contributed by atoms with Crippen molar-refractivity contribution in [1.29, 1.82) is 5.26 Å². The van der Waals surface area contributed by atoms with E-state index in [1.807, 2.05) is 32.0 Å². The molecule has 1 aromatic heterocycles. The molecule has 2 aromatic carbocycles. The molecule has 3 aromatic rings. The van der Waals surface area contributed by atoms with Crippen molar-refractivity contribution >= 4 is 28.2 Å². The minimum atomic E-state index is -0.468. The molecule has 0 fully saturated rings. The normalized spacial score (nSPS) is 16.0. The van der Waals surface area contributed by atoms with Crippen LogP contribution in [0.5, 0.6) is 5.75 Å². The Bertz CT molecular complexity index is 1180. The molecule has 5 nitrogen and oxygen atoms in total. The number of benzene rings is 2. The SMILES string of the molecule is Cc1cc(C)c2cc([C@@H]3C(C#N)=C(N)Oc4cc(N)ccc43)c(Cl)nc2c1. The number of fused-ring (bicyclic) bond motifs is 2. The molecule has 0 unspecified atom stereocenters. The molecule has 27 heavy (non-hydrogen) atoms. The van der Waals surface area contributed by atoms with Crippen molar-refractivity contribution in [3.05, 3.63) is 75.3 Å². The molecule has 4 N–H and O–H groups in total. The second-order valence-corrected chi connectivity index (χ2v) is 7.10. The van der Waals surface area contributed by atoms with Gasteiger partial charge in [-0.25, -0.2) is 4.98 Å². The van der Waals surface area contributed by atoms with Crippen molar-refractivity contribution in [3.63, 3.8) is 0 Å². The lowest BCUT2D eigenvalue weighted by molar-refractivity contribution is 0.394. The van der Waals surface area contributed by atoms with Gasteiger partial charge in [0.15, 0.2) is 0 Å². The standard InChI is InChI=1S/C21H17ClN4O/c1-10-5-11(2)14-8-15(20(22)26-17(14)6-10)19-13-4-3-12(24)7-18(13)27-21(25)16(19)9-23/h3-8,19H,24-25H2,1-2H3/t19-/m1/s1. The summed E-state index contributed by atoms with van der Waals surface area (Å²) in [6.45, 7) is 4.05. The Labute approximate surface area is 161 Å². The van der Waals surface area contributed by atoms with Crippen LogP contribution in [-0.2, 0) is 0 Å². The number of nitrogens with two attached hydrogens (primary N) is 2. The third kappa shape index (κ3) is 2.75. The van der Waals surface area contributed by atoms with E-state index in [0.29, 0.717) is 27.7 Å². The molecular formula is C21H17ClN4O. The molecule has 4 rings (SSSR count). The largest absolute Gasteiger partial charge is 0.440 e. The van der Waals surface area contributed by atoms with E-state index in [9.17, 15) is 5.26 Å². The van der Waals surface area contributed by atoms with Gasteiger partial charge in [-0.1, -0.05) is 23.7 Å². The molecule has 0 saturated carbocycles. The number of aromatic nitrogens is 1. The number of rotatable bonds is 1. The molecule has 0 amide bonds. The zero-order valence-corrected chi connectivity index (χ0v) is 15.6. The average Bonchev–Trinajstić information content (AvgIpc) is 2.60. The topological polar surface area (TPSA) is 98.0 Å². The smallest absolute Gasteiger partial charge is 0.205 e. The third-order valence-electron chi connectivity index (χ3n) is 4.82.